The van der Waals surface area contributed by atoms with Crippen molar-refractivity contribution in [3.63, 3.8) is 0 Å². The van der Waals surface area contributed by atoms with E-state index in [0.29, 0.717) is 18.7 Å². The maximum absolute atomic E-state index is 11.9. The Bertz CT molecular complexity index is 387. The number of hydrogen-bond acceptors (Lipinski definition) is 5. The van der Waals surface area contributed by atoms with E-state index >= 15 is 0 Å². The van der Waals surface area contributed by atoms with Gasteiger partial charge in [0.2, 0.25) is 0 Å². The maximum atomic E-state index is 11.9. The zero-order valence-electron chi connectivity index (χ0n) is 9.90. The van der Waals surface area contributed by atoms with Gasteiger partial charge in [-0.2, -0.15) is 0 Å². The van der Waals surface area contributed by atoms with E-state index in [1.165, 1.54) is 0 Å². The third-order valence-electron chi connectivity index (χ3n) is 2.76. The van der Waals surface area contributed by atoms with Gasteiger partial charge in [0.15, 0.2) is 0 Å². The molecule has 0 saturated carbocycles. The van der Waals surface area contributed by atoms with Gasteiger partial charge in [0.1, 0.15) is 6.10 Å². The minimum atomic E-state index is -0.300. The molecule has 0 aromatic carbocycles. The van der Waals surface area contributed by atoms with Crippen LogP contribution in [0.4, 0.5) is 0 Å². The first-order valence-electron chi connectivity index (χ1n) is 5.80. The van der Waals surface area contributed by atoms with Crippen molar-refractivity contribution in [2.75, 3.05) is 26.2 Å². The van der Waals surface area contributed by atoms with E-state index < -0.39 is 0 Å². The minimum Gasteiger partial charge on any atom is -0.456 e. The maximum Gasteiger partial charge on any atom is 0.340 e. The quantitative estimate of drug-likeness (QED) is 0.712. The predicted octanol–water partition coefficient (Wildman–Crippen LogP) is 0.108. The highest BCUT2D eigenvalue weighted by molar-refractivity contribution is 5.90. The van der Waals surface area contributed by atoms with Gasteiger partial charge < -0.3 is 15.4 Å². The molecule has 1 aliphatic rings. The molecular weight excluding hydrogens is 218 g/mol. The van der Waals surface area contributed by atoms with Gasteiger partial charge in [0, 0.05) is 38.6 Å². The lowest BCUT2D eigenvalue weighted by atomic mass is 10.2. The van der Waals surface area contributed by atoms with E-state index in [1.54, 1.807) is 18.5 Å². The number of carbonyl (C=O) groups excluding carboxylic acids is 1. The summed E-state index contributed by atoms with van der Waals surface area (Å²) in [4.78, 5) is 15.9. The van der Waals surface area contributed by atoms with Crippen LogP contribution < -0.4 is 10.6 Å². The fourth-order valence-electron chi connectivity index (χ4n) is 1.75. The molecule has 1 aromatic rings. The molecular formula is C12H17N3O2. The Labute approximate surface area is 101 Å². The highest BCUT2D eigenvalue weighted by Crippen LogP contribution is 2.08. The summed E-state index contributed by atoms with van der Waals surface area (Å²) in [6, 6.07) is 1.81. The number of nitrogens with one attached hydrogen (secondary N) is 2. The number of esters is 1. The lowest BCUT2D eigenvalue weighted by Crippen LogP contribution is -2.34. The molecule has 5 nitrogen and oxygen atoms in total. The smallest absolute Gasteiger partial charge is 0.340 e. The third-order valence-corrected chi connectivity index (χ3v) is 2.76. The number of nitrogens with zero attached hydrogens (tertiary/aromatic N) is 1. The second-order valence-electron chi connectivity index (χ2n) is 4.13. The molecule has 0 aliphatic carbocycles. The highest BCUT2D eigenvalue weighted by atomic mass is 16.5. The summed E-state index contributed by atoms with van der Waals surface area (Å²) in [5.41, 5.74) is 1.43. The van der Waals surface area contributed by atoms with Crippen molar-refractivity contribution in [3.05, 3.63) is 29.6 Å². The molecule has 5 heteroatoms. The first kappa shape index (κ1) is 12.0. The molecule has 1 saturated heterocycles. The molecule has 0 amide bonds. The minimum absolute atomic E-state index is 0.121. The lowest BCUT2D eigenvalue weighted by molar-refractivity contribution is 0.0317. The molecule has 2 N–H and O–H groups in total. The monoisotopic (exact) mass is 235 g/mol. The standard InChI is InChI=1S/C12H17N3O2/c1-9-2-3-13-8-11(9)12(16)17-10-6-14-4-5-15-7-10/h2-3,8,10,14-15H,4-7H2,1H3. The van der Waals surface area contributed by atoms with Gasteiger partial charge >= 0.3 is 5.97 Å². The average Bonchev–Trinajstić information content (AvgIpc) is 2.58. The van der Waals surface area contributed by atoms with Gasteiger partial charge in [0.05, 0.1) is 5.56 Å². The molecule has 1 aromatic heterocycles. The van der Waals surface area contributed by atoms with Crippen molar-refractivity contribution in [2.24, 2.45) is 0 Å². The Kier molecular flexibility index (Phi) is 4.06. The van der Waals surface area contributed by atoms with E-state index in [4.69, 9.17) is 4.74 Å². The van der Waals surface area contributed by atoms with Crippen LogP contribution in [0.3, 0.4) is 0 Å². The number of hydrogen-bond donors (Lipinski definition) is 2. The molecule has 0 atom stereocenters. The first-order chi connectivity index (χ1) is 8.27. The predicted molar refractivity (Wildman–Crippen MR) is 63.9 cm³/mol. The number of rotatable bonds is 2. The van der Waals surface area contributed by atoms with Gasteiger partial charge in [0.25, 0.3) is 0 Å². The average molecular weight is 235 g/mol. The Balaban J connectivity index is 1.98. The molecule has 0 spiro atoms. The normalized spacial score (nSPS) is 17.5. The number of pyridine rings is 1. The fourth-order valence-corrected chi connectivity index (χ4v) is 1.75. The van der Waals surface area contributed by atoms with Gasteiger partial charge in [-0.15, -0.1) is 0 Å². The number of aromatic nitrogens is 1. The number of carbonyl (C=O) groups is 1. The van der Waals surface area contributed by atoms with Crippen LogP contribution >= 0.6 is 0 Å². The second kappa shape index (κ2) is 5.75. The molecule has 0 radical (unpaired) electrons. The number of aryl methyl sites for hydroxylation is 1. The Morgan fingerprint density at radius 2 is 2.12 bits per heavy atom. The number of ether oxygens (including phenoxy) is 1. The molecule has 0 unspecified atom stereocenters. The van der Waals surface area contributed by atoms with Gasteiger partial charge in [-0.05, 0) is 18.6 Å². The largest absolute Gasteiger partial charge is 0.456 e. The highest BCUT2D eigenvalue weighted by Gasteiger charge is 2.18. The lowest BCUT2D eigenvalue weighted by Gasteiger charge is -2.16. The zero-order valence-corrected chi connectivity index (χ0v) is 9.90. The van der Waals surface area contributed by atoms with Crippen molar-refractivity contribution in [3.8, 4) is 0 Å². The van der Waals surface area contributed by atoms with Crippen LogP contribution in [0.1, 0.15) is 15.9 Å². The molecule has 17 heavy (non-hydrogen) atoms. The van der Waals surface area contributed by atoms with Crippen LogP contribution in [0.25, 0.3) is 0 Å². The zero-order chi connectivity index (χ0) is 12.1. The summed E-state index contributed by atoms with van der Waals surface area (Å²) >= 11 is 0. The van der Waals surface area contributed by atoms with E-state index in [1.807, 2.05) is 6.92 Å². The second-order valence-corrected chi connectivity index (χ2v) is 4.13. The van der Waals surface area contributed by atoms with Crippen molar-refractivity contribution >= 4 is 5.97 Å². The third kappa shape index (κ3) is 3.25. The first-order valence-corrected chi connectivity index (χ1v) is 5.80. The topological polar surface area (TPSA) is 63.2 Å². The summed E-state index contributed by atoms with van der Waals surface area (Å²) in [5.74, 6) is -0.300. The van der Waals surface area contributed by atoms with E-state index in [2.05, 4.69) is 15.6 Å². The summed E-state index contributed by atoms with van der Waals surface area (Å²) in [6.07, 6.45) is 3.10. The molecule has 1 aliphatic heterocycles. The molecule has 2 rings (SSSR count). The fraction of sp³-hybridized carbons (Fsp3) is 0.500. The van der Waals surface area contributed by atoms with Crippen LogP contribution in [-0.2, 0) is 4.74 Å². The van der Waals surface area contributed by atoms with Crippen molar-refractivity contribution < 1.29 is 9.53 Å². The SMILES string of the molecule is Cc1ccncc1C(=O)OC1CNCCNC1. The molecule has 2 heterocycles. The van der Waals surface area contributed by atoms with Gasteiger partial charge in [-0.3, -0.25) is 4.98 Å². The Hall–Kier alpha value is -1.46. The van der Waals surface area contributed by atoms with E-state index in [9.17, 15) is 4.79 Å². The van der Waals surface area contributed by atoms with Gasteiger partial charge in [-0.1, -0.05) is 0 Å². The Morgan fingerprint density at radius 3 is 2.76 bits per heavy atom. The molecule has 0 bridgehead atoms. The summed E-state index contributed by atoms with van der Waals surface area (Å²) in [7, 11) is 0. The Morgan fingerprint density at radius 1 is 1.41 bits per heavy atom. The van der Waals surface area contributed by atoms with Crippen LogP contribution in [0.15, 0.2) is 18.5 Å². The van der Waals surface area contributed by atoms with Crippen molar-refractivity contribution in [1.29, 1.82) is 0 Å². The van der Waals surface area contributed by atoms with Crippen LogP contribution in [0.5, 0.6) is 0 Å². The van der Waals surface area contributed by atoms with E-state index in [0.717, 1.165) is 18.7 Å². The molecule has 92 valence electrons. The van der Waals surface area contributed by atoms with Crippen LogP contribution in [0, 0.1) is 6.92 Å². The summed E-state index contributed by atoms with van der Waals surface area (Å²) < 4.78 is 5.43. The van der Waals surface area contributed by atoms with Crippen molar-refractivity contribution in [1.82, 2.24) is 15.6 Å². The van der Waals surface area contributed by atoms with E-state index in [-0.39, 0.29) is 12.1 Å². The summed E-state index contributed by atoms with van der Waals surface area (Å²) in [5, 5.41) is 6.43. The van der Waals surface area contributed by atoms with Crippen LogP contribution in [0.2, 0.25) is 0 Å². The van der Waals surface area contributed by atoms with Gasteiger partial charge in [-0.25, -0.2) is 4.79 Å². The van der Waals surface area contributed by atoms with Crippen molar-refractivity contribution in [2.45, 2.75) is 13.0 Å². The van der Waals surface area contributed by atoms with Crippen LogP contribution in [-0.4, -0.2) is 43.2 Å². The summed E-state index contributed by atoms with van der Waals surface area (Å²) in [6.45, 7) is 5.07. The molecule has 1 fully saturated rings.